The zero-order valence-electron chi connectivity index (χ0n) is 8.53. The summed E-state index contributed by atoms with van der Waals surface area (Å²) in [4.78, 5) is 17.4. The molecule has 1 N–H and O–H groups in total. The van der Waals surface area contributed by atoms with E-state index in [1.807, 2.05) is 0 Å². The molecule has 0 aliphatic heterocycles. The maximum absolute atomic E-state index is 10.7. The van der Waals surface area contributed by atoms with E-state index in [1.165, 1.54) is 6.33 Å². The molecule has 0 atom stereocenters. The molecule has 1 rings (SSSR count). The molecule has 0 bridgehead atoms. The van der Waals surface area contributed by atoms with Crippen LogP contribution in [0, 0.1) is 22.0 Å². The molecule has 0 amide bonds. The van der Waals surface area contributed by atoms with E-state index in [4.69, 9.17) is 11.6 Å². The monoisotopic (exact) mass is 240 g/mol. The maximum atomic E-state index is 10.7. The second-order valence-corrected chi connectivity index (χ2v) is 3.08. The molecular formula is C9H9ClN4O2. The topological polar surface area (TPSA) is 81.0 Å². The van der Waals surface area contributed by atoms with Crippen molar-refractivity contribution < 1.29 is 4.92 Å². The molecule has 0 saturated heterocycles. The molecule has 1 heterocycles. The predicted octanol–water partition coefficient (Wildman–Crippen LogP) is 1.86. The molecule has 6 nitrogen and oxygen atoms in total. The van der Waals surface area contributed by atoms with E-state index in [9.17, 15) is 10.1 Å². The van der Waals surface area contributed by atoms with Crippen LogP contribution in [-0.4, -0.2) is 21.4 Å². The highest BCUT2D eigenvalue weighted by atomic mass is 35.5. The van der Waals surface area contributed by atoms with Crippen molar-refractivity contribution in [2.75, 3.05) is 11.9 Å². The smallest absolute Gasteiger partial charge is 0.348 e. The van der Waals surface area contributed by atoms with Crippen LogP contribution in [0.2, 0.25) is 5.15 Å². The molecular weight excluding hydrogens is 232 g/mol. The van der Waals surface area contributed by atoms with Gasteiger partial charge in [0.1, 0.15) is 6.33 Å². The Morgan fingerprint density at radius 2 is 2.38 bits per heavy atom. The predicted molar refractivity (Wildman–Crippen MR) is 60.3 cm³/mol. The van der Waals surface area contributed by atoms with Gasteiger partial charge >= 0.3 is 5.69 Å². The number of rotatable bonds is 4. The van der Waals surface area contributed by atoms with Gasteiger partial charge in [-0.05, 0) is 6.92 Å². The van der Waals surface area contributed by atoms with E-state index in [2.05, 4.69) is 27.1 Å². The summed E-state index contributed by atoms with van der Waals surface area (Å²) in [5.41, 5.74) is -0.311. The molecule has 0 aliphatic rings. The molecule has 0 spiro atoms. The van der Waals surface area contributed by atoms with Gasteiger partial charge in [-0.25, -0.2) is 9.97 Å². The van der Waals surface area contributed by atoms with Crippen LogP contribution >= 0.6 is 11.6 Å². The number of nitrogens with zero attached hydrogens (tertiary/aromatic N) is 3. The Morgan fingerprint density at radius 1 is 1.62 bits per heavy atom. The first-order valence-corrected chi connectivity index (χ1v) is 4.83. The van der Waals surface area contributed by atoms with E-state index in [0.29, 0.717) is 13.0 Å². The lowest BCUT2D eigenvalue weighted by Crippen LogP contribution is -2.06. The van der Waals surface area contributed by atoms with Gasteiger partial charge in [0.2, 0.25) is 11.0 Å². The molecule has 1 aromatic rings. The Labute approximate surface area is 97.2 Å². The van der Waals surface area contributed by atoms with Crippen molar-refractivity contribution in [1.29, 1.82) is 0 Å². The number of nitro groups is 1. The van der Waals surface area contributed by atoms with E-state index >= 15 is 0 Å². The second kappa shape index (κ2) is 5.88. The molecule has 0 aromatic carbocycles. The maximum Gasteiger partial charge on any atom is 0.348 e. The normalized spacial score (nSPS) is 9.12. The summed E-state index contributed by atoms with van der Waals surface area (Å²) < 4.78 is 0. The summed E-state index contributed by atoms with van der Waals surface area (Å²) in [5, 5.41) is 13.3. The van der Waals surface area contributed by atoms with Crippen molar-refractivity contribution in [2.24, 2.45) is 0 Å². The van der Waals surface area contributed by atoms with E-state index in [1.54, 1.807) is 6.92 Å². The number of hydrogen-bond acceptors (Lipinski definition) is 5. The zero-order chi connectivity index (χ0) is 12.0. The third kappa shape index (κ3) is 3.07. The van der Waals surface area contributed by atoms with Gasteiger partial charge in [-0.3, -0.25) is 10.1 Å². The Hall–Kier alpha value is -1.87. The van der Waals surface area contributed by atoms with Gasteiger partial charge in [0.25, 0.3) is 0 Å². The minimum atomic E-state index is -0.615. The first kappa shape index (κ1) is 12.2. The molecule has 0 radical (unpaired) electrons. The fourth-order valence-electron chi connectivity index (χ4n) is 1.02. The van der Waals surface area contributed by atoms with Gasteiger partial charge < -0.3 is 5.32 Å². The van der Waals surface area contributed by atoms with Crippen molar-refractivity contribution >= 4 is 23.1 Å². The zero-order valence-corrected chi connectivity index (χ0v) is 9.28. The van der Waals surface area contributed by atoms with Crippen molar-refractivity contribution in [3.05, 3.63) is 21.6 Å². The Bertz CT molecular complexity index is 453. The SMILES string of the molecule is CC#CCCNc1ncnc(Cl)c1[N+](=O)[O-]. The van der Waals surface area contributed by atoms with Crippen LogP contribution in [0.3, 0.4) is 0 Å². The van der Waals surface area contributed by atoms with E-state index < -0.39 is 4.92 Å². The first-order chi connectivity index (χ1) is 7.66. The highest BCUT2D eigenvalue weighted by Crippen LogP contribution is 2.27. The quantitative estimate of drug-likeness (QED) is 0.286. The number of anilines is 1. The average molecular weight is 241 g/mol. The number of hydrogen-bond donors (Lipinski definition) is 1. The lowest BCUT2D eigenvalue weighted by atomic mass is 10.4. The Kier molecular flexibility index (Phi) is 4.48. The van der Waals surface area contributed by atoms with Crippen LogP contribution in [0.1, 0.15) is 13.3 Å². The van der Waals surface area contributed by atoms with Gasteiger partial charge in [-0.15, -0.1) is 11.8 Å². The summed E-state index contributed by atoms with van der Waals surface area (Å²) in [6.45, 7) is 2.19. The lowest BCUT2D eigenvalue weighted by Gasteiger charge is -2.03. The van der Waals surface area contributed by atoms with E-state index in [0.717, 1.165) is 0 Å². The Morgan fingerprint density at radius 3 is 3.00 bits per heavy atom. The minimum absolute atomic E-state index is 0.114. The minimum Gasteiger partial charge on any atom is -0.363 e. The Balaban J connectivity index is 2.81. The van der Waals surface area contributed by atoms with Gasteiger partial charge in [-0.1, -0.05) is 11.6 Å². The molecule has 0 aliphatic carbocycles. The van der Waals surface area contributed by atoms with Crippen molar-refractivity contribution in [3.63, 3.8) is 0 Å². The molecule has 0 unspecified atom stereocenters. The van der Waals surface area contributed by atoms with Gasteiger partial charge in [0.05, 0.1) is 4.92 Å². The van der Waals surface area contributed by atoms with Crippen LogP contribution in [0.5, 0.6) is 0 Å². The number of halogens is 1. The van der Waals surface area contributed by atoms with E-state index in [-0.39, 0.29) is 16.7 Å². The third-order valence-corrected chi connectivity index (χ3v) is 1.96. The summed E-state index contributed by atoms with van der Waals surface area (Å²) >= 11 is 5.60. The summed E-state index contributed by atoms with van der Waals surface area (Å²) in [7, 11) is 0. The highest BCUT2D eigenvalue weighted by molar-refractivity contribution is 6.31. The van der Waals surface area contributed by atoms with Gasteiger partial charge in [-0.2, -0.15) is 0 Å². The van der Waals surface area contributed by atoms with Gasteiger partial charge in [0, 0.05) is 13.0 Å². The van der Waals surface area contributed by atoms with Crippen LogP contribution in [0.4, 0.5) is 11.5 Å². The molecule has 7 heteroatoms. The standard InChI is InChI=1S/C9H9ClN4O2/c1-2-3-4-5-11-9-7(14(15)16)8(10)12-6-13-9/h6H,4-5H2,1H3,(H,11,12,13). The number of aromatic nitrogens is 2. The molecule has 0 saturated carbocycles. The second-order valence-electron chi connectivity index (χ2n) is 2.72. The fraction of sp³-hybridized carbons (Fsp3) is 0.333. The molecule has 1 aromatic heterocycles. The summed E-state index contributed by atoms with van der Waals surface area (Å²) in [6.07, 6.45) is 1.75. The summed E-state index contributed by atoms with van der Waals surface area (Å²) in [5.74, 6) is 5.66. The molecule has 16 heavy (non-hydrogen) atoms. The van der Waals surface area contributed by atoms with Crippen molar-refractivity contribution in [2.45, 2.75) is 13.3 Å². The third-order valence-electron chi connectivity index (χ3n) is 1.68. The van der Waals surface area contributed by atoms with Crippen LogP contribution < -0.4 is 5.32 Å². The van der Waals surface area contributed by atoms with Crippen molar-refractivity contribution in [3.8, 4) is 11.8 Å². The van der Waals surface area contributed by atoms with Crippen molar-refractivity contribution in [1.82, 2.24) is 9.97 Å². The molecule has 84 valence electrons. The lowest BCUT2D eigenvalue weighted by molar-refractivity contribution is -0.384. The van der Waals surface area contributed by atoms with Crippen LogP contribution in [0.15, 0.2) is 6.33 Å². The van der Waals surface area contributed by atoms with Gasteiger partial charge in [0.15, 0.2) is 0 Å². The average Bonchev–Trinajstić information content (AvgIpc) is 2.24. The van der Waals surface area contributed by atoms with Crippen LogP contribution in [0.25, 0.3) is 0 Å². The highest BCUT2D eigenvalue weighted by Gasteiger charge is 2.20. The summed E-state index contributed by atoms with van der Waals surface area (Å²) in [6, 6.07) is 0. The number of nitrogens with one attached hydrogen (secondary N) is 1. The first-order valence-electron chi connectivity index (χ1n) is 4.45. The largest absolute Gasteiger partial charge is 0.363 e. The fourth-order valence-corrected chi connectivity index (χ4v) is 1.22. The van der Waals surface area contributed by atoms with Crippen LogP contribution in [-0.2, 0) is 0 Å². The molecule has 0 fully saturated rings.